The zero-order valence-corrected chi connectivity index (χ0v) is 60.7. The highest BCUT2D eigenvalue weighted by molar-refractivity contribution is 5.86. The summed E-state index contributed by atoms with van der Waals surface area (Å²) in [5.74, 6) is -1.86. The van der Waals surface area contributed by atoms with Gasteiger partial charge < -0.3 is 61.9 Å². The Labute approximate surface area is 562 Å². The quantitative estimate of drug-likeness (QED) is 0.0985. The molecule has 6 saturated heterocycles. The fourth-order valence-corrected chi connectivity index (χ4v) is 9.55. The molecule has 0 aromatic heterocycles. The lowest BCUT2D eigenvalue weighted by Crippen LogP contribution is -2.39. The number of carbonyl (C=O) groups is 12. The third-order valence-corrected chi connectivity index (χ3v) is 19.5. The molecule has 0 amide bonds. The van der Waals surface area contributed by atoms with Gasteiger partial charge in [0.1, 0.15) is 25.9 Å². The maximum atomic E-state index is 11.9. The molecule has 6 aliphatic heterocycles. The van der Waals surface area contributed by atoms with Crippen molar-refractivity contribution in [1.82, 2.24) is 0 Å². The van der Waals surface area contributed by atoms with Gasteiger partial charge in [-0.2, -0.15) is 0 Å². The van der Waals surface area contributed by atoms with Crippen molar-refractivity contribution in [1.29, 1.82) is 0 Å². The van der Waals surface area contributed by atoms with Crippen LogP contribution in [0.15, 0.2) is 0 Å². The van der Waals surface area contributed by atoms with Crippen molar-refractivity contribution < 1.29 is 119 Å². The van der Waals surface area contributed by atoms with Crippen molar-refractivity contribution in [2.75, 3.05) is 53.4 Å². The Balaban J connectivity index is 0.000000380. The maximum absolute atomic E-state index is 11.9. The molecule has 544 valence electrons. The number of rotatable bonds is 18. The monoisotopic (exact) mass is 1350 g/mol. The summed E-state index contributed by atoms with van der Waals surface area (Å²) in [6.07, 6.45) is 6.64. The average molecular weight is 1360 g/mol. The Morgan fingerprint density at radius 3 is 1.28 bits per heavy atom. The SMILES string of the molecule is CCC(C)(C)C(=O)OC.CCC(C)(C)C(=O)OC1C(=O)OCC1(C)C.CCC(C)(C)C(=O)OC1C(=O)OCC1CO.CCC(C)(C)C(=O)OC1CCCOC1=O.CCC(C)(C)C(=O)OC1CCOC1=O.CCC(C)(C)C(=O)OC1COC(=O)C1.O=C1OCC2C3CCC(C3)C12. The zero-order valence-electron chi connectivity index (χ0n) is 60.7. The Morgan fingerprint density at radius 1 is 0.463 bits per heavy atom. The molecule has 8 rings (SSSR count). The highest BCUT2D eigenvalue weighted by Gasteiger charge is 2.55. The van der Waals surface area contributed by atoms with Crippen molar-refractivity contribution in [3.05, 3.63) is 0 Å². The first-order chi connectivity index (χ1) is 43.9. The summed E-state index contributed by atoms with van der Waals surface area (Å²) < 4.78 is 59.2. The smallest absolute Gasteiger partial charge is 0.348 e. The molecule has 0 aromatic carbocycles. The van der Waals surface area contributed by atoms with Crippen LogP contribution in [0.5, 0.6) is 0 Å². The van der Waals surface area contributed by atoms with Gasteiger partial charge in [0.05, 0.1) is 84.3 Å². The standard InChI is InChI=1S/C12H20O4.C11H18O5.C11H18O4.2C10H16O4.C9H12O2.C7H14O2/c1-6-11(2,3)10(14)16-8-9(13)15-7-12(8,4)5;1-4-11(2,3)10(14)16-8-7(5-12)6-15-9(8)13;1-4-11(2,3)10(13)15-8-6-5-7-14-9(8)12;1-4-10(2,3)9(12)14-7-5-8(11)13-6-7;1-4-10(2,3)9(12)14-7-5-6-13-8(7)11;10-9-8-6-2-1-5(3-6)7(8)4-11-9;1-5-7(2,3)6(8)9-4/h8H,6-7H2,1-5H3;7-8,12H,4-6H2,1-3H3;8H,4-7H2,1-3H3;2*7H,4-6H2,1-3H3;5-8H,1-4H2;5H2,1-4H3. The minimum atomic E-state index is -0.955. The van der Waals surface area contributed by atoms with E-state index in [2.05, 4.69) is 4.74 Å². The molecule has 25 nitrogen and oxygen atoms in total. The van der Waals surface area contributed by atoms with Gasteiger partial charge in [-0.1, -0.05) is 55.4 Å². The summed E-state index contributed by atoms with van der Waals surface area (Å²) in [6.45, 7) is 38.9. The second kappa shape index (κ2) is 36.8. The highest BCUT2D eigenvalue weighted by atomic mass is 16.6. The van der Waals surface area contributed by atoms with Gasteiger partial charge in [-0.05, 0) is 166 Å². The summed E-state index contributed by atoms with van der Waals surface area (Å²) in [7, 11) is 1.42. The first kappa shape index (κ1) is 84.7. The second-order valence-corrected chi connectivity index (χ2v) is 29.8. The number of aliphatic hydroxyl groups is 1. The van der Waals surface area contributed by atoms with Gasteiger partial charge in [0, 0.05) is 17.8 Å². The minimum absolute atomic E-state index is 0.0993. The molecule has 2 bridgehead atoms. The topological polar surface area (TPSA) is 336 Å². The van der Waals surface area contributed by atoms with Crippen LogP contribution >= 0.6 is 0 Å². The molecule has 8 aliphatic rings. The summed E-state index contributed by atoms with van der Waals surface area (Å²) in [4.78, 5) is 136. The molecule has 6 heterocycles. The number of esters is 12. The Hall–Kier alpha value is -6.40. The molecule has 0 aromatic rings. The van der Waals surface area contributed by atoms with Crippen LogP contribution in [-0.4, -0.2) is 161 Å². The number of ether oxygens (including phenoxy) is 12. The van der Waals surface area contributed by atoms with E-state index in [9.17, 15) is 57.5 Å². The van der Waals surface area contributed by atoms with Crippen molar-refractivity contribution in [3.63, 3.8) is 0 Å². The van der Waals surface area contributed by atoms with Gasteiger partial charge in [0.2, 0.25) is 18.3 Å². The second-order valence-electron chi connectivity index (χ2n) is 29.8. The molecule has 1 N–H and O–H groups in total. The van der Waals surface area contributed by atoms with Crippen LogP contribution in [0.3, 0.4) is 0 Å². The van der Waals surface area contributed by atoms with Crippen LogP contribution in [0, 0.1) is 67.5 Å². The first-order valence-electron chi connectivity index (χ1n) is 33.7. The predicted octanol–water partition coefficient (Wildman–Crippen LogP) is 9.45. The molecular weight excluding hydrogens is 1240 g/mol. The van der Waals surface area contributed by atoms with E-state index >= 15 is 0 Å². The van der Waals surface area contributed by atoms with E-state index < -0.39 is 92.7 Å². The van der Waals surface area contributed by atoms with Crippen molar-refractivity contribution in [2.24, 2.45) is 67.5 Å². The van der Waals surface area contributed by atoms with Crippen molar-refractivity contribution >= 4 is 71.6 Å². The first-order valence-corrected chi connectivity index (χ1v) is 33.7. The summed E-state index contributed by atoms with van der Waals surface area (Å²) >= 11 is 0. The molecule has 2 saturated carbocycles. The number of methoxy groups -OCH3 is 1. The van der Waals surface area contributed by atoms with Gasteiger partial charge in [-0.15, -0.1) is 0 Å². The lowest BCUT2D eigenvalue weighted by Gasteiger charge is -2.27. The van der Waals surface area contributed by atoms with Crippen molar-refractivity contribution in [3.8, 4) is 0 Å². The normalized spacial score (nSPS) is 25.5. The number of hydrogen-bond donors (Lipinski definition) is 1. The summed E-state index contributed by atoms with van der Waals surface area (Å²) in [5, 5.41) is 9.00. The molecule has 25 heteroatoms. The van der Waals surface area contributed by atoms with Crippen molar-refractivity contribution in [2.45, 2.75) is 252 Å². The van der Waals surface area contributed by atoms with Crippen LogP contribution in [0.4, 0.5) is 0 Å². The Bertz CT molecular complexity index is 2630. The summed E-state index contributed by atoms with van der Waals surface area (Å²) in [5.41, 5.74) is -3.46. The lowest BCUT2D eigenvalue weighted by molar-refractivity contribution is -0.178. The highest BCUT2D eigenvalue weighted by Crippen LogP contribution is 2.55. The zero-order chi connectivity index (χ0) is 72.8. The van der Waals surface area contributed by atoms with Gasteiger partial charge in [-0.3, -0.25) is 38.4 Å². The predicted molar refractivity (Wildman–Crippen MR) is 342 cm³/mol. The van der Waals surface area contributed by atoms with E-state index in [0.717, 1.165) is 25.4 Å². The number of carbonyl (C=O) groups excluding carboxylic acids is 12. The maximum Gasteiger partial charge on any atom is 0.348 e. The van der Waals surface area contributed by atoms with Gasteiger partial charge >= 0.3 is 71.6 Å². The number of hydrogen-bond acceptors (Lipinski definition) is 25. The molecule has 10 atom stereocenters. The van der Waals surface area contributed by atoms with E-state index in [1.807, 2.05) is 111 Å². The average Bonchev–Trinajstić information content (AvgIpc) is 1.61. The van der Waals surface area contributed by atoms with E-state index in [1.165, 1.54) is 26.4 Å². The molecule has 95 heavy (non-hydrogen) atoms. The summed E-state index contributed by atoms with van der Waals surface area (Å²) in [6, 6.07) is 0. The molecule has 2 aliphatic carbocycles. The molecule has 8 fully saturated rings. The molecule has 0 radical (unpaired) electrons. The Kier molecular flexibility index (Phi) is 32.8. The number of cyclic esters (lactones) is 6. The van der Waals surface area contributed by atoms with E-state index in [-0.39, 0.29) is 79.5 Å². The van der Waals surface area contributed by atoms with E-state index in [1.54, 1.807) is 27.7 Å². The van der Waals surface area contributed by atoms with Crippen LogP contribution in [0.2, 0.25) is 0 Å². The van der Waals surface area contributed by atoms with Gasteiger partial charge in [0.15, 0.2) is 6.10 Å². The largest absolute Gasteiger partial charge is 0.469 e. The number of aliphatic hydroxyl groups excluding tert-OH is 1. The van der Waals surface area contributed by atoms with Gasteiger partial charge in [0.25, 0.3) is 0 Å². The van der Waals surface area contributed by atoms with E-state index in [4.69, 9.17) is 57.2 Å². The van der Waals surface area contributed by atoms with Crippen LogP contribution in [0.25, 0.3) is 0 Å². The molecule has 10 unspecified atom stereocenters. The fourth-order valence-electron chi connectivity index (χ4n) is 9.55. The number of fused-ring (bicyclic) bond motifs is 5. The van der Waals surface area contributed by atoms with Gasteiger partial charge in [-0.25, -0.2) is 19.2 Å². The fraction of sp³-hybridized carbons (Fsp3) is 0.829. The molecular formula is C70H114O25. The third-order valence-electron chi connectivity index (χ3n) is 19.5. The third kappa shape index (κ3) is 24.9. The van der Waals surface area contributed by atoms with Crippen LogP contribution < -0.4 is 0 Å². The van der Waals surface area contributed by atoms with Crippen LogP contribution in [0.1, 0.15) is 222 Å². The Morgan fingerprint density at radius 2 is 0.895 bits per heavy atom. The van der Waals surface area contributed by atoms with E-state index in [0.29, 0.717) is 82.5 Å². The lowest BCUT2D eigenvalue weighted by atomic mass is 9.81. The van der Waals surface area contributed by atoms with Crippen LogP contribution in [-0.2, 0) is 114 Å². The molecule has 0 spiro atoms. The minimum Gasteiger partial charge on any atom is -0.469 e.